The number of carbonyl (C=O) groups excluding carboxylic acids is 2. The number of methoxy groups -OCH3 is 1. The summed E-state index contributed by atoms with van der Waals surface area (Å²) in [6.45, 7) is 0. The van der Waals surface area contributed by atoms with Crippen molar-refractivity contribution in [1.29, 1.82) is 0 Å². The number of urea groups is 1. The van der Waals surface area contributed by atoms with E-state index in [0.717, 1.165) is 5.56 Å². The first-order chi connectivity index (χ1) is 11.1. The molecule has 0 saturated carbocycles. The standard InChI is InChI=1S/C17H19N3O3/c1-18-17(22)20-16(21)15(12-7-4-3-5-8-12)19-13-9-6-10-14(11-13)23-2/h3-11,15,19H,1-2H3,(H2,18,20,21,22)/t15-/m1/s1. The normalized spacial score (nSPS) is 11.2. The van der Waals surface area contributed by atoms with E-state index in [-0.39, 0.29) is 0 Å². The van der Waals surface area contributed by atoms with Crippen molar-refractivity contribution in [2.24, 2.45) is 0 Å². The van der Waals surface area contributed by atoms with E-state index in [0.29, 0.717) is 11.4 Å². The predicted octanol–water partition coefficient (Wildman–Crippen LogP) is 2.30. The van der Waals surface area contributed by atoms with Gasteiger partial charge in [0.2, 0.25) is 0 Å². The quantitative estimate of drug-likeness (QED) is 0.791. The summed E-state index contributed by atoms with van der Waals surface area (Å²) in [5, 5.41) is 7.79. The minimum absolute atomic E-state index is 0.446. The van der Waals surface area contributed by atoms with Crippen LogP contribution in [0.4, 0.5) is 10.5 Å². The Kier molecular flexibility index (Phi) is 5.57. The Morgan fingerprint density at radius 2 is 1.78 bits per heavy atom. The number of amides is 3. The molecule has 0 heterocycles. The molecule has 2 aromatic carbocycles. The lowest BCUT2D eigenvalue weighted by Crippen LogP contribution is -2.42. The number of rotatable bonds is 5. The lowest BCUT2D eigenvalue weighted by molar-refractivity contribution is -0.120. The van der Waals surface area contributed by atoms with Gasteiger partial charge in [-0.3, -0.25) is 10.1 Å². The van der Waals surface area contributed by atoms with E-state index in [1.54, 1.807) is 13.2 Å². The third-order valence-corrected chi connectivity index (χ3v) is 3.24. The van der Waals surface area contributed by atoms with Gasteiger partial charge in [-0.15, -0.1) is 0 Å². The molecule has 0 aliphatic heterocycles. The van der Waals surface area contributed by atoms with Gasteiger partial charge in [-0.25, -0.2) is 4.79 Å². The molecule has 3 N–H and O–H groups in total. The highest BCUT2D eigenvalue weighted by Crippen LogP contribution is 2.23. The molecule has 0 aliphatic rings. The summed E-state index contributed by atoms with van der Waals surface area (Å²) in [4.78, 5) is 23.8. The number of hydrogen-bond acceptors (Lipinski definition) is 4. The summed E-state index contributed by atoms with van der Waals surface area (Å²) in [6.07, 6.45) is 0. The number of ether oxygens (including phenoxy) is 1. The average molecular weight is 313 g/mol. The minimum Gasteiger partial charge on any atom is -0.497 e. The third-order valence-electron chi connectivity index (χ3n) is 3.24. The summed E-state index contributed by atoms with van der Waals surface area (Å²) in [6, 6.07) is 15.2. The Morgan fingerprint density at radius 3 is 2.43 bits per heavy atom. The molecule has 3 amide bonds. The van der Waals surface area contributed by atoms with E-state index in [2.05, 4.69) is 16.0 Å². The van der Waals surface area contributed by atoms with Gasteiger partial charge < -0.3 is 15.4 Å². The van der Waals surface area contributed by atoms with E-state index >= 15 is 0 Å². The molecule has 0 unspecified atom stereocenters. The summed E-state index contributed by atoms with van der Waals surface area (Å²) >= 11 is 0. The number of hydrogen-bond donors (Lipinski definition) is 3. The van der Waals surface area contributed by atoms with Crippen LogP contribution in [0, 0.1) is 0 Å². The van der Waals surface area contributed by atoms with Crippen molar-refractivity contribution >= 4 is 17.6 Å². The molecule has 0 spiro atoms. The molecular weight excluding hydrogens is 294 g/mol. The number of nitrogens with one attached hydrogen (secondary N) is 3. The van der Waals surface area contributed by atoms with E-state index in [1.807, 2.05) is 48.5 Å². The van der Waals surface area contributed by atoms with Gasteiger partial charge in [0.1, 0.15) is 11.8 Å². The molecule has 0 fully saturated rings. The molecule has 0 aromatic heterocycles. The summed E-state index contributed by atoms with van der Waals surface area (Å²) < 4.78 is 5.18. The predicted molar refractivity (Wildman–Crippen MR) is 88.4 cm³/mol. The third kappa shape index (κ3) is 4.47. The molecule has 120 valence electrons. The van der Waals surface area contributed by atoms with Crippen molar-refractivity contribution in [2.75, 3.05) is 19.5 Å². The van der Waals surface area contributed by atoms with Gasteiger partial charge in [-0.05, 0) is 17.7 Å². The van der Waals surface area contributed by atoms with Crippen molar-refractivity contribution in [3.8, 4) is 5.75 Å². The molecule has 23 heavy (non-hydrogen) atoms. The fraction of sp³-hybridized carbons (Fsp3) is 0.176. The molecule has 2 aromatic rings. The van der Waals surface area contributed by atoms with Crippen molar-refractivity contribution < 1.29 is 14.3 Å². The van der Waals surface area contributed by atoms with Crippen LogP contribution in [-0.2, 0) is 4.79 Å². The monoisotopic (exact) mass is 313 g/mol. The largest absolute Gasteiger partial charge is 0.497 e. The summed E-state index contributed by atoms with van der Waals surface area (Å²) in [5.74, 6) is 0.229. The minimum atomic E-state index is -0.708. The highest BCUT2D eigenvalue weighted by molar-refractivity contribution is 5.98. The number of benzene rings is 2. The van der Waals surface area contributed by atoms with Crippen LogP contribution in [0.15, 0.2) is 54.6 Å². The Balaban J connectivity index is 2.26. The summed E-state index contributed by atoms with van der Waals surface area (Å²) in [7, 11) is 3.03. The molecule has 0 bridgehead atoms. The molecule has 0 aliphatic carbocycles. The number of carbonyl (C=O) groups is 2. The Morgan fingerprint density at radius 1 is 1.04 bits per heavy atom. The van der Waals surface area contributed by atoms with Gasteiger partial charge in [-0.2, -0.15) is 0 Å². The van der Waals surface area contributed by atoms with Gasteiger partial charge in [0.25, 0.3) is 5.91 Å². The zero-order chi connectivity index (χ0) is 16.7. The first kappa shape index (κ1) is 16.4. The Labute approximate surface area is 134 Å². The van der Waals surface area contributed by atoms with Crippen LogP contribution in [-0.4, -0.2) is 26.1 Å². The van der Waals surface area contributed by atoms with E-state index < -0.39 is 18.0 Å². The lowest BCUT2D eigenvalue weighted by atomic mass is 10.1. The second-order valence-electron chi connectivity index (χ2n) is 4.79. The van der Waals surface area contributed by atoms with Crippen LogP contribution in [0.3, 0.4) is 0 Å². The molecule has 0 saturated heterocycles. The topological polar surface area (TPSA) is 79.5 Å². The van der Waals surface area contributed by atoms with Crippen LogP contribution < -0.4 is 20.7 Å². The van der Waals surface area contributed by atoms with Crippen molar-refractivity contribution in [3.63, 3.8) is 0 Å². The fourth-order valence-electron chi connectivity index (χ4n) is 2.07. The summed E-state index contributed by atoms with van der Waals surface area (Å²) in [5.41, 5.74) is 1.46. The second kappa shape index (κ2) is 7.84. The Bertz CT molecular complexity index is 674. The van der Waals surface area contributed by atoms with Gasteiger partial charge in [0, 0.05) is 18.8 Å². The molecule has 0 radical (unpaired) electrons. The van der Waals surface area contributed by atoms with Gasteiger partial charge in [-0.1, -0.05) is 36.4 Å². The van der Waals surface area contributed by atoms with Crippen LogP contribution in [0.1, 0.15) is 11.6 Å². The van der Waals surface area contributed by atoms with Crippen LogP contribution in [0.25, 0.3) is 0 Å². The van der Waals surface area contributed by atoms with Crippen LogP contribution in [0.2, 0.25) is 0 Å². The number of anilines is 1. The van der Waals surface area contributed by atoms with Crippen LogP contribution in [0.5, 0.6) is 5.75 Å². The first-order valence-corrected chi connectivity index (χ1v) is 7.12. The molecule has 6 heteroatoms. The smallest absolute Gasteiger partial charge is 0.321 e. The average Bonchev–Trinajstić information content (AvgIpc) is 2.60. The van der Waals surface area contributed by atoms with Gasteiger partial charge in [0.05, 0.1) is 7.11 Å². The molecule has 2 rings (SSSR count). The van der Waals surface area contributed by atoms with Crippen molar-refractivity contribution in [3.05, 3.63) is 60.2 Å². The van der Waals surface area contributed by atoms with Crippen molar-refractivity contribution in [1.82, 2.24) is 10.6 Å². The maximum Gasteiger partial charge on any atom is 0.321 e. The molecule has 1 atom stereocenters. The van der Waals surface area contributed by atoms with E-state index in [1.165, 1.54) is 7.05 Å². The maximum atomic E-state index is 12.4. The van der Waals surface area contributed by atoms with Gasteiger partial charge >= 0.3 is 6.03 Å². The SMILES string of the molecule is CNC(=O)NC(=O)[C@H](Nc1cccc(OC)c1)c1ccccc1. The van der Waals surface area contributed by atoms with E-state index in [4.69, 9.17) is 4.74 Å². The highest BCUT2D eigenvalue weighted by atomic mass is 16.5. The molecule has 6 nitrogen and oxygen atoms in total. The lowest BCUT2D eigenvalue weighted by Gasteiger charge is -2.19. The van der Waals surface area contributed by atoms with Crippen LogP contribution >= 0.6 is 0 Å². The highest BCUT2D eigenvalue weighted by Gasteiger charge is 2.22. The Hall–Kier alpha value is -3.02. The van der Waals surface area contributed by atoms with E-state index in [9.17, 15) is 9.59 Å². The van der Waals surface area contributed by atoms with Crippen molar-refractivity contribution in [2.45, 2.75) is 6.04 Å². The first-order valence-electron chi connectivity index (χ1n) is 7.12. The fourth-order valence-corrected chi connectivity index (χ4v) is 2.07. The maximum absolute atomic E-state index is 12.4. The van der Waals surface area contributed by atoms with Gasteiger partial charge in [0.15, 0.2) is 0 Å². The zero-order valence-corrected chi connectivity index (χ0v) is 13.0. The molecular formula is C17H19N3O3. The second-order valence-corrected chi connectivity index (χ2v) is 4.79. The number of imide groups is 1. The zero-order valence-electron chi connectivity index (χ0n) is 13.0.